The largest absolute Gasteiger partial charge is 0.380 e. The van der Waals surface area contributed by atoms with E-state index >= 15 is 0 Å². The number of nitrogens with zero attached hydrogens (tertiary/aromatic N) is 4. The molecule has 2 heterocycles. The van der Waals surface area contributed by atoms with Gasteiger partial charge in [0.25, 0.3) is 0 Å². The molecule has 0 fully saturated rings. The van der Waals surface area contributed by atoms with Crippen molar-refractivity contribution in [1.82, 2.24) is 25.1 Å². The molecule has 0 bridgehead atoms. The Balaban J connectivity index is 1.46. The van der Waals surface area contributed by atoms with Gasteiger partial charge in [0.2, 0.25) is 0 Å². The molecule has 0 atom stereocenters. The van der Waals surface area contributed by atoms with Crippen LogP contribution in [0.15, 0.2) is 73.1 Å². The molecule has 0 aliphatic rings. The molecule has 6 nitrogen and oxygen atoms in total. The van der Waals surface area contributed by atoms with Gasteiger partial charge in [-0.1, -0.05) is 36.4 Å². The number of aromatic nitrogens is 4. The quantitative estimate of drug-likeness (QED) is 0.419. The van der Waals surface area contributed by atoms with Crippen LogP contribution < -0.4 is 5.32 Å². The van der Waals surface area contributed by atoms with Gasteiger partial charge in [0.15, 0.2) is 11.6 Å². The summed E-state index contributed by atoms with van der Waals surface area (Å²) in [6.07, 6.45) is 5.84. The lowest BCUT2D eigenvalue weighted by Crippen LogP contribution is -2.13. The van der Waals surface area contributed by atoms with E-state index in [1.807, 2.05) is 30.3 Å². The minimum atomic E-state index is 0.707. The van der Waals surface area contributed by atoms with Crippen LogP contribution in [-0.2, 0) is 13.0 Å². The van der Waals surface area contributed by atoms with Crippen LogP contribution in [0.3, 0.4) is 0 Å². The van der Waals surface area contributed by atoms with E-state index in [0.717, 1.165) is 48.6 Å². The molecule has 0 saturated carbocycles. The monoisotopic (exact) mass is 412 g/mol. The zero-order chi connectivity index (χ0) is 21.5. The molecule has 4 aromatic rings. The Kier molecular flexibility index (Phi) is 6.69. The molecule has 158 valence electrons. The molecular weight excluding hydrogens is 384 g/mol. The molecule has 0 spiro atoms. The van der Waals surface area contributed by atoms with Crippen LogP contribution in [0.2, 0.25) is 0 Å². The van der Waals surface area contributed by atoms with Crippen LogP contribution in [0.5, 0.6) is 0 Å². The molecule has 6 heteroatoms. The number of para-hydroxylation sites is 1. The van der Waals surface area contributed by atoms with E-state index in [2.05, 4.69) is 69.8 Å². The van der Waals surface area contributed by atoms with Crippen molar-refractivity contribution in [2.24, 2.45) is 0 Å². The molecule has 0 saturated heterocycles. The second kappa shape index (κ2) is 10.00. The predicted molar refractivity (Wildman–Crippen MR) is 126 cm³/mol. The Bertz CT molecular complexity index is 1090. The van der Waals surface area contributed by atoms with Gasteiger partial charge in [-0.05, 0) is 68.9 Å². The average molecular weight is 413 g/mol. The van der Waals surface area contributed by atoms with Crippen molar-refractivity contribution in [3.8, 4) is 22.8 Å². The smallest absolute Gasteiger partial charge is 0.181 e. The van der Waals surface area contributed by atoms with E-state index < -0.39 is 0 Å². The van der Waals surface area contributed by atoms with Gasteiger partial charge in [0, 0.05) is 35.8 Å². The fraction of sp³-hybridized carbons (Fsp3) is 0.240. The van der Waals surface area contributed by atoms with E-state index in [-0.39, 0.29) is 0 Å². The topological polar surface area (TPSA) is 69.7 Å². The summed E-state index contributed by atoms with van der Waals surface area (Å²) < 4.78 is 0. The van der Waals surface area contributed by atoms with Crippen molar-refractivity contribution in [3.05, 3.63) is 84.2 Å². The number of aryl methyl sites for hydroxylation is 1. The van der Waals surface area contributed by atoms with E-state index in [1.54, 1.807) is 12.4 Å². The minimum Gasteiger partial charge on any atom is -0.380 e. The fourth-order valence-corrected chi connectivity index (χ4v) is 3.47. The maximum absolute atomic E-state index is 4.76. The van der Waals surface area contributed by atoms with Gasteiger partial charge in [-0.25, -0.2) is 4.98 Å². The second-order valence-corrected chi connectivity index (χ2v) is 7.87. The van der Waals surface area contributed by atoms with Crippen molar-refractivity contribution in [2.45, 2.75) is 19.4 Å². The fourth-order valence-electron chi connectivity index (χ4n) is 3.47. The highest BCUT2D eigenvalue weighted by atomic mass is 15.2. The summed E-state index contributed by atoms with van der Waals surface area (Å²) in [5.74, 6) is 1.46. The zero-order valence-electron chi connectivity index (χ0n) is 18.0. The maximum atomic E-state index is 4.76. The molecule has 2 N–H and O–H groups in total. The van der Waals surface area contributed by atoms with Crippen LogP contribution >= 0.6 is 0 Å². The van der Waals surface area contributed by atoms with Gasteiger partial charge in [0.05, 0.1) is 0 Å². The Morgan fingerprint density at radius 1 is 0.903 bits per heavy atom. The molecule has 0 amide bonds. The van der Waals surface area contributed by atoms with E-state index in [1.165, 1.54) is 11.1 Å². The zero-order valence-corrected chi connectivity index (χ0v) is 18.0. The van der Waals surface area contributed by atoms with Crippen LogP contribution in [0.1, 0.15) is 17.5 Å². The summed E-state index contributed by atoms with van der Waals surface area (Å²) in [5.41, 5.74) is 5.54. The number of rotatable bonds is 9. The van der Waals surface area contributed by atoms with Crippen LogP contribution in [0, 0.1) is 0 Å². The van der Waals surface area contributed by atoms with Crippen LogP contribution in [-0.4, -0.2) is 45.7 Å². The minimum absolute atomic E-state index is 0.707. The molecule has 0 aliphatic heterocycles. The summed E-state index contributed by atoms with van der Waals surface area (Å²) in [6.45, 7) is 1.82. The number of anilines is 1. The van der Waals surface area contributed by atoms with Crippen molar-refractivity contribution in [3.63, 3.8) is 0 Å². The first-order valence-corrected chi connectivity index (χ1v) is 10.6. The summed E-state index contributed by atoms with van der Waals surface area (Å²) in [4.78, 5) is 11.0. The second-order valence-electron chi connectivity index (χ2n) is 7.87. The Hall–Kier alpha value is -3.51. The first-order valence-electron chi connectivity index (χ1n) is 10.6. The number of aromatic amines is 1. The highest BCUT2D eigenvalue weighted by Crippen LogP contribution is 2.27. The number of hydrogen-bond donors (Lipinski definition) is 2. The number of hydrogen-bond acceptors (Lipinski definition) is 5. The SMILES string of the molecule is CN(C)CCCc1ccc(-c2n[nH]c(-c3ccccc3NCc3ccncc3)n2)cc1. The lowest BCUT2D eigenvalue weighted by atomic mass is 10.1. The Morgan fingerprint density at radius 3 is 2.45 bits per heavy atom. The molecule has 0 radical (unpaired) electrons. The molecule has 31 heavy (non-hydrogen) atoms. The van der Waals surface area contributed by atoms with E-state index in [0.29, 0.717) is 5.82 Å². The molecule has 2 aromatic heterocycles. The molecule has 4 rings (SSSR count). The van der Waals surface area contributed by atoms with Gasteiger partial charge >= 0.3 is 0 Å². The number of pyridine rings is 1. The number of H-pyrrole nitrogens is 1. The third-order valence-corrected chi connectivity index (χ3v) is 5.18. The Morgan fingerprint density at radius 2 is 1.68 bits per heavy atom. The normalized spacial score (nSPS) is 11.1. The van der Waals surface area contributed by atoms with Gasteiger partial charge < -0.3 is 10.2 Å². The van der Waals surface area contributed by atoms with Crippen LogP contribution in [0.25, 0.3) is 22.8 Å². The predicted octanol–water partition coefficient (Wildman–Crippen LogP) is 4.64. The third kappa shape index (κ3) is 5.55. The third-order valence-electron chi connectivity index (χ3n) is 5.18. The standard InChI is InChI=1S/C25H28N6/c1-31(2)17-5-6-19-9-11-21(12-10-19)24-28-25(30-29-24)22-7-3-4-8-23(22)27-18-20-13-15-26-16-14-20/h3-4,7-16,27H,5-6,17-18H2,1-2H3,(H,28,29,30). The van der Waals surface area contributed by atoms with Gasteiger partial charge in [-0.15, -0.1) is 0 Å². The summed E-state index contributed by atoms with van der Waals surface area (Å²) in [6, 6.07) is 20.7. The highest BCUT2D eigenvalue weighted by Gasteiger charge is 2.11. The first kappa shape index (κ1) is 20.8. The average Bonchev–Trinajstić information content (AvgIpc) is 3.29. The van der Waals surface area contributed by atoms with E-state index in [4.69, 9.17) is 4.98 Å². The highest BCUT2D eigenvalue weighted by molar-refractivity contribution is 5.74. The molecule has 2 aromatic carbocycles. The molecular formula is C25H28N6. The number of benzene rings is 2. The Labute approximate surface area is 183 Å². The first-order chi connectivity index (χ1) is 15.2. The summed E-state index contributed by atoms with van der Waals surface area (Å²) in [5, 5.41) is 11.1. The molecule has 0 unspecified atom stereocenters. The number of nitrogens with one attached hydrogen (secondary N) is 2. The van der Waals surface area contributed by atoms with Gasteiger partial charge in [0.1, 0.15) is 0 Å². The van der Waals surface area contributed by atoms with E-state index in [9.17, 15) is 0 Å². The van der Waals surface area contributed by atoms with Gasteiger partial charge in [-0.2, -0.15) is 5.10 Å². The van der Waals surface area contributed by atoms with Gasteiger partial charge in [-0.3, -0.25) is 10.1 Å². The molecule has 0 aliphatic carbocycles. The van der Waals surface area contributed by atoms with Crippen molar-refractivity contribution in [2.75, 3.05) is 26.0 Å². The summed E-state index contributed by atoms with van der Waals surface area (Å²) in [7, 11) is 4.22. The lowest BCUT2D eigenvalue weighted by Gasteiger charge is -2.10. The van der Waals surface area contributed by atoms with Crippen molar-refractivity contribution >= 4 is 5.69 Å². The lowest BCUT2D eigenvalue weighted by molar-refractivity contribution is 0.400. The van der Waals surface area contributed by atoms with Crippen molar-refractivity contribution in [1.29, 1.82) is 0 Å². The van der Waals surface area contributed by atoms with Crippen molar-refractivity contribution < 1.29 is 0 Å². The maximum Gasteiger partial charge on any atom is 0.181 e. The summed E-state index contributed by atoms with van der Waals surface area (Å²) >= 11 is 0. The van der Waals surface area contributed by atoms with Crippen LogP contribution in [0.4, 0.5) is 5.69 Å².